The summed E-state index contributed by atoms with van der Waals surface area (Å²) in [6, 6.07) is 7.33. The van der Waals surface area contributed by atoms with Gasteiger partial charge in [0.2, 0.25) is 4.77 Å². The Labute approximate surface area is 159 Å². The Hall–Kier alpha value is -1.37. The maximum atomic E-state index is 11.3. The van der Waals surface area contributed by atoms with Crippen LogP contribution in [0.15, 0.2) is 30.6 Å². The average Bonchev–Trinajstić information content (AvgIpc) is 2.89. The van der Waals surface area contributed by atoms with Crippen molar-refractivity contribution in [1.29, 1.82) is 0 Å². The summed E-state index contributed by atoms with van der Waals surface area (Å²) in [6.45, 7) is 8.42. The number of aromatic nitrogens is 3. The molecule has 0 aliphatic heterocycles. The molecule has 2 N–H and O–H groups in total. The Balaban J connectivity index is 2.04. The summed E-state index contributed by atoms with van der Waals surface area (Å²) in [5.41, 5.74) is -1.29. The van der Waals surface area contributed by atoms with Gasteiger partial charge in [-0.2, -0.15) is 0 Å². The number of aromatic amines is 1. The molecule has 0 radical (unpaired) electrons. The fourth-order valence-corrected chi connectivity index (χ4v) is 2.97. The molecule has 0 saturated heterocycles. The molecule has 0 saturated carbocycles. The Bertz CT molecular complexity index is 753. The number of ether oxygens (including phenoxy) is 1. The minimum Gasteiger partial charge on any atom is -0.491 e. The van der Waals surface area contributed by atoms with E-state index in [0.717, 1.165) is 5.75 Å². The van der Waals surface area contributed by atoms with Crippen molar-refractivity contribution in [3.8, 4) is 5.75 Å². The summed E-state index contributed by atoms with van der Waals surface area (Å²) in [6.07, 6.45) is 2.75. The van der Waals surface area contributed by atoms with Crippen molar-refractivity contribution in [3.05, 3.63) is 40.4 Å². The van der Waals surface area contributed by atoms with Gasteiger partial charge in [-0.25, -0.2) is 4.98 Å². The molecule has 2 aromatic rings. The molecule has 2 atom stereocenters. The van der Waals surface area contributed by atoms with Gasteiger partial charge in [0.15, 0.2) is 0 Å². The zero-order valence-corrected chi connectivity index (χ0v) is 16.7. The van der Waals surface area contributed by atoms with Crippen molar-refractivity contribution in [2.45, 2.75) is 58.8 Å². The number of H-pyrrole nitrogens is 1. The molecule has 2 unspecified atom stereocenters. The SMILES string of the molecule is CC(CCC(O)(Cn1[nH]cnc1=S)C(C)(C)C)Oc1cccc(Cl)c1. The fraction of sp³-hybridized carbons (Fsp3) is 0.556. The second-order valence-corrected chi connectivity index (χ2v) is 8.26. The maximum absolute atomic E-state index is 11.3. The first-order valence-electron chi connectivity index (χ1n) is 8.35. The Kier molecular flexibility index (Phi) is 6.30. The van der Waals surface area contributed by atoms with Crippen LogP contribution in [0.25, 0.3) is 0 Å². The number of hydrogen-bond acceptors (Lipinski definition) is 4. The minimum atomic E-state index is -0.955. The number of hydrogen-bond donors (Lipinski definition) is 2. The number of rotatable bonds is 7. The smallest absolute Gasteiger partial charge is 0.215 e. The first-order chi connectivity index (χ1) is 11.6. The van der Waals surface area contributed by atoms with Gasteiger partial charge in [-0.3, -0.25) is 9.78 Å². The number of nitrogens with zero attached hydrogens (tertiary/aromatic N) is 2. The number of benzene rings is 1. The fourth-order valence-electron chi connectivity index (χ4n) is 2.62. The predicted octanol–water partition coefficient (Wildman–Crippen LogP) is 4.62. The normalized spacial score (nSPS) is 15.6. The third kappa shape index (κ3) is 5.30. The lowest BCUT2D eigenvalue weighted by molar-refractivity contribution is -0.0854. The third-order valence-corrected chi connectivity index (χ3v) is 5.09. The molecule has 7 heteroatoms. The maximum Gasteiger partial charge on any atom is 0.215 e. The highest BCUT2D eigenvalue weighted by Crippen LogP contribution is 2.36. The van der Waals surface area contributed by atoms with Crippen LogP contribution < -0.4 is 4.74 Å². The van der Waals surface area contributed by atoms with Crippen LogP contribution in [0.1, 0.15) is 40.5 Å². The van der Waals surface area contributed by atoms with Gasteiger partial charge < -0.3 is 9.84 Å². The minimum absolute atomic E-state index is 0.0536. The van der Waals surface area contributed by atoms with Crippen LogP contribution in [0, 0.1) is 10.2 Å². The lowest BCUT2D eigenvalue weighted by Crippen LogP contribution is -2.47. The van der Waals surface area contributed by atoms with E-state index in [2.05, 4.69) is 10.1 Å². The number of halogens is 1. The van der Waals surface area contributed by atoms with Gasteiger partial charge in [-0.15, -0.1) is 0 Å². The molecule has 1 aromatic heterocycles. The van der Waals surface area contributed by atoms with E-state index >= 15 is 0 Å². The largest absolute Gasteiger partial charge is 0.491 e. The molecule has 2 rings (SSSR count). The van der Waals surface area contributed by atoms with Crippen LogP contribution in [0.3, 0.4) is 0 Å². The Morgan fingerprint density at radius 2 is 2.12 bits per heavy atom. The highest BCUT2D eigenvalue weighted by atomic mass is 35.5. The van der Waals surface area contributed by atoms with E-state index in [1.165, 1.54) is 6.33 Å². The van der Waals surface area contributed by atoms with Crippen molar-refractivity contribution in [3.63, 3.8) is 0 Å². The summed E-state index contributed by atoms with van der Waals surface area (Å²) in [4.78, 5) is 4.02. The van der Waals surface area contributed by atoms with Gasteiger partial charge in [-0.05, 0) is 55.6 Å². The number of aliphatic hydroxyl groups is 1. The van der Waals surface area contributed by atoms with Crippen molar-refractivity contribution in [1.82, 2.24) is 14.8 Å². The standard InChI is InChI=1S/C18H26ClN3O2S/c1-13(24-15-7-5-6-14(19)10-15)8-9-18(23,17(2,3)4)11-22-16(25)20-12-21-22/h5-7,10,12-13,23H,8-9,11H2,1-4H3,(H,20,21,25). The molecule has 25 heavy (non-hydrogen) atoms. The molecule has 0 bridgehead atoms. The quantitative estimate of drug-likeness (QED) is 0.685. The van der Waals surface area contributed by atoms with E-state index in [1.807, 2.05) is 45.9 Å². The van der Waals surface area contributed by atoms with Crippen LogP contribution >= 0.6 is 23.8 Å². The lowest BCUT2D eigenvalue weighted by atomic mass is 9.73. The molecule has 0 amide bonds. The van der Waals surface area contributed by atoms with Crippen molar-refractivity contribution in [2.75, 3.05) is 0 Å². The van der Waals surface area contributed by atoms with Gasteiger partial charge in [0.25, 0.3) is 0 Å². The molecule has 5 nitrogen and oxygen atoms in total. The molecule has 0 fully saturated rings. The zero-order valence-electron chi connectivity index (χ0n) is 15.1. The first kappa shape index (κ1) is 19.9. The van der Waals surface area contributed by atoms with Crippen LogP contribution in [-0.4, -0.2) is 31.6 Å². The summed E-state index contributed by atoms with van der Waals surface area (Å²) >= 11 is 11.2. The molecular formula is C18H26ClN3O2S. The van der Waals surface area contributed by atoms with E-state index in [1.54, 1.807) is 10.7 Å². The van der Waals surface area contributed by atoms with Crippen LogP contribution in [0.2, 0.25) is 5.02 Å². The van der Waals surface area contributed by atoms with E-state index in [4.69, 9.17) is 28.6 Å². The summed E-state index contributed by atoms with van der Waals surface area (Å²) in [5.74, 6) is 0.732. The molecule has 0 spiro atoms. The van der Waals surface area contributed by atoms with Crippen molar-refractivity contribution in [2.24, 2.45) is 5.41 Å². The van der Waals surface area contributed by atoms with Crippen LogP contribution in [0.4, 0.5) is 0 Å². The topological polar surface area (TPSA) is 63.1 Å². The van der Waals surface area contributed by atoms with Crippen molar-refractivity contribution >= 4 is 23.8 Å². The van der Waals surface area contributed by atoms with Crippen LogP contribution in [-0.2, 0) is 6.54 Å². The number of nitrogens with one attached hydrogen (secondary N) is 1. The Morgan fingerprint density at radius 1 is 1.40 bits per heavy atom. The second kappa shape index (κ2) is 7.89. The highest BCUT2D eigenvalue weighted by molar-refractivity contribution is 7.71. The van der Waals surface area contributed by atoms with Gasteiger partial charge >= 0.3 is 0 Å². The zero-order chi connectivity index (χ0) is 18.7. The summed E-state index contributed by atoms with van der Waals surface area (Å²) in [5, 5.41) is 14.9. The molecule has 1 aromatic carbocycles. The second-order valence-electron chi connectivity index (χ2n) is 7.46. The summed E-state index contributed by atoms with van der Waals surface area (Å²) < 4.78 is 8.05. The molecule has 138 valence electrons. The molecule has 0 aliphatic carbocycles. The van der Waals surface area contributed by atoms with E-state index < -0.39 is 5.60 Å². The van der Waals surface area contributed by atoms with Crippen molar-refractivity contribution < 1.29 is 9.84 Å². The van der Waals surface area contributed by atoms with Gasteiger partial charge in [-0.1, -0.05) is 38.4 Å². The molecule has 0 aliphatic rings. The summed E-state index contributed by atoms with van der Waals surface area (Å²) in [7, 11) is 0. The van der Waals surface area contributed by atoms with E-state index in [0.29, 0.717) is 29.2 Å². The Morgan fingerprint density at radius 3 is 2.68 bits per heavy atom. The molecule has 1 heterocycles. The molecular weight excluding hydrogens is 358 g/mol. The third-order valence-electron chi connectivity index (χ3n) is 4.53. The monoisotopic (exact) mass is 383 g/mol. The average molecular weight is 384 g/mol. The predicted molar refractivity (Wildman–Crippen MR) is 103 cm³/mol. The van der Waals surface area contributed by atoms with Crippen LogP contribution in [0.5, 0.6) is 5.75 Å². The van der Waals surface area contributed by atoms with Gasteiger partial charge in [0.05, 0.1) is 18.2 Å². The van der Waals surface area contributed by atoms with E-state index in [-0.39, 0.29) is 11.5 Å². The van der Waals surface area contributed by atoms with E-state index in [9.17, 15) is 5.11 Å². The lowest BCUT2D eigenvalue weighted by Gasteiger charge is -2.41. The highest BCUT2D eigenvalue weighted by Gasteiger charge is 2.40. The van der Waals surface area contributed by atoms with Gasteiger partial charge in [0, 0.05) is 5.02 Å². The first-order valence-corrected chi connectivity index (χ1v) is 9.14. The van der Waals surface area contributed by atoms with Gasteiger partial charge in [0.1, 0.15) is 12.1 Å².